The Morgan fingerprint density at radius 1 is 1.27 bits per heavy atom. The number of hydrogen-bond acceptors (Lipinski definition) is 1. The molecule has 0 aliphatic heterocycles. The molecule has 0 aromatic carbocycles. The van der Waals surface area contributed by atoms with Gasteiger partial charge >= 0.3 is 0 Å². The van der Waals surface area contributed by atoms with Crippen LogP contribution in [0.4, 0.5) is 0 Å². The Labute approximate surface area is 103 Å². The molecular weight excluding hydrogens is 252 g/mol. The first kappa shape index (κ1) is 13.5. The second-order valence-corrected chi connectivity index (χ2v) is 5.67. The van der Waals surface area contributed by atoms with E-state index in [9.17, 15) is 0 Å². The highest BCUT2D eigenvalue weighted by molar-refractivity contribution is 9.09. The minimum Gasteiger partial charge on any atom is -0.378 e. The molecule has 1 atom stereocenters. The monoisotopic (exact) mass is 276 g/mol. The third kappa shape index (κ3) is 4.44. The van der Waals surface area contributed by atoms with Crippen LogP contribution in [0.15, 0.2) is 0 Å². The molecule has 1 fully saturated rings. The van der Waals surface area contributed by atoms with E-state index in [1.54, 1.807) is 0 Å². The average Bonchev–Trinajstić information content (AvgIpc) is 2.28. The zero-order chi connectivity index (χ0) is 11.1. The van der Waals surface area contributed by atoms with E-state index in [-0.39, 0.29) is 0 Å². The Morgan fingerprint density at radius 3 is 2.47 bits per heavy atom. The SMILES string of the molecule is CCCC(C)OCC1(CBr)CCCCC1. The third-order valence-electron chi connectivity index (χ3n) is 3.57. The number of hydrogen-bond donors (Lipinski definition) is 0. The van der Waals surface area contributed by atoms with Gasteiger partial charge in [-0.3, -0.25) is 0 Å². The van der Waals surface area contributed by atoms with Crippen molar-refractivity contribution in [1.82, 2.24) is 0 Å². The molecule has 90 valence electrons. The van der Waals surface area contributed by atoms with E-state index in [2.05, 4.69) is 29.8 Å². The van der Waals surface area contributed by atoms with Crippen LogP contribution in [0.2, 0.25) is 0 Å². The zero-order valence-electron chi connectivity index (χ0n) is 10.2. The smallest absolute Gasteiger partial charge is 0.0547 e. The lowest BCUT2D eigenvalue weighted by Gasteiger charge is -2.36. The molecule has 0 saturated heterocycles. The van der Waals surface area contributed by atoms with Gasteiger partial charge in [0.15, 0.2) is 0 Å². The van der Waals surface area contributed by atoms with Crippen LogP contribution in [0.5, 0.6) is 0 Å². The van der Waals surface area contributed by atoms with Crippen molar-refractivity contribution in [2.45, 2.75) is 64.9 Å². The Bertz CT molecular complexity index is 164. The van der Waals surface area contributed by atoms with Crippen molar-refractivity contribution in [2.75, 3.05) is 11.9 Å². The summed E-state index contributed by atoms with van der Waals surface area (Å²) in [7, 11) is 0. The van der Waals surface area contributed by atoms with Crippen molar-refractivity contribution < 1.29 is 4.74 Å². The molecule has 0 N–H and O–H groups in total. The highest BCUT2D eigenvalue weighted by Crippen LogP contribution is 2.38. The third-order valence-corrected chi connectivity index (χ3v) is 4.76. The van der Waals surface area contributed by atoms with Crippen molar-refractivity contribution in [1.29, 1.82) is 0 Å². The van der Waals surface area contributed by atoms with Crippen molar-refractivity contribution >= 4 is 15.9 Å². The molecule has 0 heterocycles. The fraction of sp³-hybridized carbons (Fsp3) is 1.00. The van der Waals surface area contributed by atoms with Gasteiger partial charge in [-0.1, -0.05) is 48.5 Å². The molecule has 0 bridgehead atoms. The van der Waals surface area contributed by atoms with Crippen LogP contribution in [0, 0.1) is 5.41 Å². The van der Waals surface area contributed by atoms with E-state index in [1.165, 1.54) is 44.9 Å². The minimum absolute atomic E-state index is 0.438. The first-order valence-corrected chi connectivity index (χ1v) is 7.52. The summed E-state index contributed by atoms with van der Waals surface area (Å²) in [6.45, 7) is 5.38. The summed E-state index contributed by atoms with van der Waals surface area (Å²) in [5.74, 6) is 0. The van der Waals surface area contributed by atoms with Gasteiger partial charge < -0.3 is 4.74 Å². The van der Waals surface area contributed by atoms with Crippen LogP contribution < -0.4 is 0 Å². The fourth-order valence-corrected chi connectivity index (χ4v) is 3.15. The lowest BCUT2D eigenvalue weighted by molar-refractivity contribution is -0.0102. The Balaban J connectivity index is 2.32. The Hall–Kier alpha value is 0.440. The highest BCUT2D eigenvalue weighted by atomic mass is 79.9. The Kier molecular flexibility index (Phi) is 6.21. The predicted octanol–water partition coefficient (Wildman–Crippen LogP) is 4.54. The van der Waals surface area contributed by atoms with Gasteiger partial charge in [-0.05, 0) is 26.2 Å². The first-order chi connectivity index (χ1) is 7.22. The number of alkyl halides is 1. The maximum Gasteiger partial charge on any atom is 0.0547 e. The van der Waals surface area contributed by atoms with Gasteiger partial charge in [-0.2, -0.15) is 0 Å². The summed E-state index contributed by atoms with van der Waals surface area (Å²) in [6, 6.07) is 0. The summed E-state index contributed by atoms with van der Waals surface area (Å²) in [4.78, 5) is 0. The highest BCUT2D eigenvalue weighted by Gasteiger charge is 2.31. The topological polar surface area (TPSA) is 9.23 Å². The maximum atomic E-state index is 5.99. The number of rotatable bonds is 6. The second kappa shape index (κ2) is 6.90. The summed E-state index contributed by atoms with van der Waals surface area (Å²) in [6.07, 6.45) is 9.73. The predicted molar refractivity (Wildman–Crippen MR) is 69.6 cm³/mol. The summed E-state index contributed by atoms with van der Waals surface area (Å²) in [5.41, 5.74) is 0.445. The molecule has 2 heteroatoms. The van der Waals surface area contributed by atoms with E-state index in [0.29, 0.717) is 11.5 Å². The van der Waals surface area contributed by atoms with Gasteiger partial charge in [0.05, 0.1) is 12.7 Å². The summed E-state index contributed by atoms with van der Waals surface area (Å²) >= 11 is 3.68. The van der Waals surface area contributed by atoms with Gasteiger partial charge in [-0.25, -0.2) is 0 Å². The fourth-order valence-electron chi connectivity index (χ4n) is 2.43. The lowest BCUT2D eigenvalue weighted by Crippen LogP contribution is -2.32. The van der Waals surface area contributed by atoms with Crippen LogP contribution in [-0.4, -0.2) is 18.0 Å². The van der Waals surface area contributed by atoms with Crippen molar-refractivity contribution in [3.8, 4) is 0 Å². The van der Waals surface area contributed by atoms with Crippen molar-refractivity contribution in [3.05, 3.63) is 0 Å². The molecule has 0 spiro atoms. The van der Waals surface area contributed by atoms with Crippen LogP contribution >= 0.6 is 15.9 Å². The number of halogens is 1. The summed E-state index contributed by atoms with van der Waals surface area (Å²) in [5, 5.41) is 1.11. The van der Waals surface area contributed by atoms with E-state index in [4.69, 9.17) is 4.74 Å². The molecule has 1 rings (SSSR count). The molecule has 15 heavy (non-hydrogen) atoms. The lowest BCUT2D eigenvalue weighted by atomic mass is 9.76. The molecule has 0 aromatic heterocycles. The van der Waals surface area contributed by atoms with Gasteiger partial charge in [-0.15, -0.1) is 0 Å². The standard InChI is InChI=1S/C13H25BrO/c1-3-7-12(2)15-11-13(10-14)8-5-4-6-9-13/h12H,3-11H2,1-2H3. The van der Waals surface area contributed by atoms with Crippen LogP contribution in [0.25, 0.3) is 0 Å². The zero-order valence-corrected chi connectivity index (χ0v) is 11.8. The molecule has 1 saturated carbocycles. The molecule has 0 radical (unpaired) electrons. The molecule has 1 nitrogen and oxygen atoms in total. The largest absolute Gasteiger partial charge is 0.378 e. The maximum absolute atomic E-state index is 5.99. The molecule has 0 aromatic rings. The normalized spacial score (nSPS) is 22.6. The first-order valence-electron chi connectivity index (χ1n) is 6.40. The molecule has 1 unspecified atom stereocenters. The van der Waals surface area contributed by atoms with E-state index in [0.717, 1.165) is 11.9 Å². The van der Waals surface area contributed by atoms with Gasteiger partial charge in [0.2, 0.25) is 0 Å². The molecule has 0 amide bonds. The van der Waals surface area contributed by atoms with Gasteiger partial charge in [0.25, 0.3) is 0 Å². The van der Waals surface area contributed by atoms with Crippen LogP contribution in [0.1, 0.15) is 58.8 Å². The van der Waals surface area contributed by atoms with Crippen LogP contribution in [0.3, 0.4) is 0 Å². The van der Waals surface area contributed by atoms with Gasteiger partial charge in [0.1, 0.15) is 0 Å². The van der Waals surface area contributed by atoms with Crippen LogP contribution in [-0.2, 0) is 4.74 Å². The quantitative estimate of drug-likeness (QED) is 0.648. The van der Waals surface area contributed by atoms with E-state index < -0.39 is 0 Å². The minimum atomic E-state index is 0.438. The molecule has 1 aliphatic rings. The average molecular weight is 277 g/mol. The van der Waals surface area contributed by atoms with E-state index in [1.807, 2.05) is 0 Å². The van der Waals surface area contributed by atoms with Gasteiger partial charge in [0, 0.05) is 10.7 Å². The Morgan fingerprint density at radius 2 is 1.93 bits per heavy atom. The molecular formula is C13H25BrO. The number of ether oxygens (including phenoxy) is 1. The van der Waals surface area contributed by atoms with Crippen molar-refractivity contribution in [3.63, 3.8) is 0 Å². The van der Waals surface area contributed by atoms with E-state index >= 15 is 0 Å². The second-order valence-electron chi connectivity index (χ2n) is 5.10. The summed E-state index contributed by atoms with van der Waals surface area (Å²) < 4.78 is 5.99. The molecule has 1 aliphatic carbocycles. The van der Waals surface area contributed by atoms with Crippen molar-refractivity contribution in [2.24, 2.45) is 5.41 Å².